The first-order valence-corrected chi connectivity index (χ1v) is 6.02. The van der Waals surface area contributed by atoms with Crippen LogP contribution in [0.4, 0.5) is 13.2 Å². The van der Waals surface area contributed by atoms with E-state index in [1.165, 1.54) is 6.07 Å². The van der Waals surface area contributed by atoms with Crippen LogP contribution >= 0.6 is 12.6 Å². The predicted octanol–water partition coefficient (Wildman–Crippen LogP) is 2.29. The number of nitrogens with zero attached hydrogens (tertiary/aromatic N) is 1. The van der Waals surface area contributed by atoms with Gasteiger partial charge in [0.25, 0.3) is 0 Å². The molecule has 3 nitrogen and oxygen atoms in total. The molecule has 0 heterocycles. The molecule has 2 unspecified atom stereocenters. The molecular formula is C12H12F3NO2S. The Morgan fingerprint density at radius 1 is 1.32 bits per heavy atom. The minimum Gasteiger partial charge on any atom is -0.390 e. The van der Waals surface area contributed by atoms with Crippen LogP contribution in [-0.4, -0.2) is 22.1 Å². The molecule has 0 aliphatic carbocycles. The summed E-state index contributed by atoms with van der Waals surface area (Å²) in [6.07, 6.45) is -7.66. The minimum atomic E-state index is -4.70. The average molecular weight is 291 g/mol. The second-order valence-corrected chi connectivity index (χ2v) is 4.38. The molecule has 0 amide bonds. The van der Waals surface area contributed by atoms with Gasteiger partial charge in [-0.3, -0.25) is 0 Å². The molecule has 0 saturated carbocycles. The molecule has 1 aromatic carbocycles. The fourth-order valence-corrected chi connectivity index (χ4v) is 1.89. The summed E-state index contributed by atoms with van der Waals surface area (Å²) in [6.45, 7) is 0. The van der Waals surface area contributed by atoms with Crippen molar-refractivity contribution in [1.82, 2.24) is 0 Å². The number of alkyl halides is 3. The quantitative estimate of drug-likeness (QED) is 0.746. The van der Waals surface area contributed by atoms with Crippen molar-refractivity contribution in [3.63, 3.8) is 0 Å². The largest absolute Gasteiger partial charge is 0.416 e. The third-order valence-electron chi connectivity index (χ3n) is 2.60. The summed E-state index contributed by atoms with van der Waals surface area (Å²) in [7, 11) is 0. The first kappa shape index (κ1) is 15.8. The van der Waals surface area contributed by atoms with Gasteiger partial charge in [0.15, 0.2) is 0 Å². The molecule has 7 heteroatoms. The Bertz CT molecular complexity index is 485. The van der Waals surface area contributed by atoms with Crippen LogP contribution in [0, 0.1) is 11.3 Å². The SMILES string of the molecule is N#Cc1ccc(C(O)C(O)CCS)c(C(F)(F)F)c1. The lowest BCUT2D eigenvalue weighted by atomic mass is 9.95. The second-order valence-electron chi connectivity index (χ2n) is 3.94. The molecule has 0 fully saturated rings. The highest BCUT2D eigenvalue weighted by Gasteiger charge is 2.36. The number of rotatable bonds is 4. The Balaban J connectivity index is 3.24. The zero-order valence-electron chi connectivity index (χ0n) is 9.72. The van der Waals surface area contributed by atoms with Crippen molar-refractivity contribution in [2.45, 2.75) is 24.8 Å². The monoisotopic (exact) mass is 291 g/mol. The first-order valence-electron chi connectivity index (χ1n) is 5.39. The van der Waals surface area contributed by atoms with Gasteiger partial charge in [-0.1, -0.05) is 6.07 Å². The van der Waals surface area contributed by atoms with E-state index in [4.69, 9.17) is 5.26 Å². The fourth-order valence-electron chi connectivity index (χ4n) is 1.63. The fraction of sp³-hybridized carbons (Fsp3) is 0.417. The van der Waals surface area contributed by atoms with Crippen molar-refractivity contribution >= 4 is 12.6 Å². The van der Waals surface area contributed by atoms with Crippen molar-refractivity contribution in [2.75, 3.05) is 5.75 Å². The van der Waals surface area contributed by atoms with E-state index in [2.05, 4.69) is 12.6 Å². The van der Waals surface area contributed by atoms with Crippen molar-refractivity contribution < 1.29 is 23.4 Å². The van der Waals surface area contributed by atoms with Gasteiger partial charge in [-0.2, -0.15) is 31.1 Å². The summed E-state index contributed by atoms with van der Waals surface area (Å²) in [4.78, 5) is 0. The van der Waals surface area contributed by atoms with Crippen LogP contribution in [-0.2, 0) is 6.18 Å². The van der Waals surface area contributed by atoms with E-state index in [9.17, 15) is 23.4 Å². The van der Waals surface area contributed by atoms with Crippen LogP contribution in [0.15, 0.2) is 18.2 Å². The number of nitriles is 1. The van der Waals surface area contributed by atoms with Gasteiger partial charge in [0.1, 0.15) is 6.10 Å². The molecule has 1 rings (SSSR count). The van der Waals surface area contributed by atoms with E-state index in [-0.39, 0.29) is 17.7 Å². The van der Waals surface area contributed by atoms with Gasteiger partial charge >= 0.3 is 6.18 Å². The Morgan fingerprint density at radius 3 is 2.42 bits per heavy atom. The van der Waals surface area contributed by atoms with Crippen LogP contribution in [0.25, 0.3) is 0 Å². The zero-order valence-corrected chi connectivity index (χ0v) is 10.6. The van der Waals surface area contributed by atoms with Gasteiger partial charge in [-0.05, 0) is 29.9 Å². The van der Waals surface area contributed by atoms with Crippen molar-refractivity contribution in [3.8, 4) is 6.07 Å². The molecule has 2 atom stereocenters. The maximum atomic E-state index is 12.9. The number of thiol groups is 1. The maximum Gasteiger partial charge on any atom is 0.416 e. The molecule has 104 valence electrons. The van der Waals surface area contributed by atoms with Gasteiger partial charge in [-0.25, -0.2) is 0 Å². The van der Waals surface area contributed by atoms with Crippen LogP contribution in [0.5, 0.6) is 0 Å². The highest BCUT2D eigenvalue weighted by atomic mass is 32.1. The number of hydrogen-bond donors (Lipinski definition) is 3. The molecule has 0 saturated heterocycles. The summed E-state index contributed by atoms with van der Waals surface area (Å²) in [5.41, 5.74) is -1.72. The third-order valence-corrected chi connectivity index (χ3v) is 2.85. The standard InChI is InChI=1S/C12H12F3NO2S/c13-12(14,15)9-5-7(6-16)1-2-8(9)11(18)10(17)3-4-19/h1-2,5,10-11,17-19H,3-4H2. The number of aliphatic hydroxyl groups is 2. The Morgan fingerprint density at radius 2 is 1.95 bits per heavy atom. The highest BCUT2D eigenvalue weighted by Crippen LogP contribution is 2.36. The molecule has 0 aliphatic heterocycles. The predicted molar refractivity (Wildman–Crippen MR) is 65.6 cm³/mol. The van der Waals surface area contributed by atoms with Crippen molar-refractivity contribution in [1.29, 1.82) is 5.26 Å². The van der Waals surface area contributed by atoms with Crippen molar-refractivity contribution in [3.05, 3.63) is 34.9 Å². The van der Waals surface area contributed by atoms with Crippen LogP contribution < -0.4 is 0 Å². The van der Waals surface area contributed by atoms with E-state index >= 15 is 0 Å². The van der Waals surface area contributed by atoms with Gasteiger partial charge in [-0.15, -0.1) is 0 Å². The summed E-state index contributed by atoms with van der Waals surface area (Å²) < 4.78 is 38.6. The number of hydrogen-bond acceptors (Lipinski definition) is 4. The Kier molecular flexibility index (Phi) is 5.23. The van der Waals surface area contributed by atoms with Crippen LogP contribution in [0.3, 0.4) is 0 Å². The molecule has 2 N–H and O–H groups in total. The molecule has 0 aliphatic rings. The van der Waals surface area contributed by atoms with Gasteiger partial charge in [0.2, 0.25) is 0 Å². The topological polar surface area (TPSA) is 64.2 Å². The third kappa shape index (κ3) is 3.86. The number of benzene rings is 1. The van der Waals surface area contributed by atoms with E-state index < -0.39 is 29.5 Å². The summed E-state index contributed by atoms with van der Waals surface area (Å²) in [5.74, 6) is 0.232. The zero-order chi connectivity index (χ0) is 14.6. The smallest absolute Gasteiger partial charge is 0.390 e. The molecule has 19 heavy (non-hydrogen) atoms. The van der Waals surface area contributed by atoms with E-state index in [1.807, 2.05) is 0 Å². The van der Waals surface area contributed by atoms with E-state index in [0.717, 1.165) is 6.07 Å². The maximum absolute atomic E-state index is 12.9. The van der Waals surface area contributed by atoms with Crippen molar-refractivity contribution in [2.24, 2.45) is 0 Å². The normalized spacial score (nSPS) is 14.8. The minimum absolute atomic E-state index is 0.0571. The highest BCUT2D eigenvalue weighted by molar-refractivity contribution is 7.80. The van der Waals surface area contributed by atoms with Gasteiger partial charge < -0.3 is 10.2 Å². The lowest BCUT2D eigenvalue weighted by molar-refractivity contribution is -0.140. The lowest BCUT2D eigenvalue weighted by Crippen LogP contribution is -2.22. The molecule has 0 aromatic heterocycles. The summed E-state index contributed by atoms with van der Waals surface area (Å²) >= 11 is 3.84. The summed E-state index contributed by atoms with van der Waals surface area (Å²) in [6, 6.07) is 4.44. The number of halogens is 3. The Hall–Kier alpha value is -1.23. The molecule has 0 spiro atoms. The van der Waals surface area contributed by atoms with Gasteiger partial charge in [0.05, 0.1) is 23.3 Å². The second kappa shape index (κ2) is 6.28. The first-order chi connectivity index (χ1) is 8.81. The van der Waals surface area contributed by atoms with E-state index in [0.29, 0.717) is 6.07 Å². The molecule has 1 aromatic rings. The average Bonchev–Trinajstić information content (AvgIpc) is 2.36. The summed E-state index contributed by atoms with van der Waals surface area (Å²) in [5, 5.41) is 27.9. The van der Waals surface area contributed by atoms with Crippen LogP contribution in [0.2, 0.25) is 0 Å². The Labute approximate surface area is 113 Å². The number of aliphatic hydroxyl groups excluding tert-OH is 2. The molecule has 0 radical (unpaired) electrons. The van der Waals surface area contributed by atoms with Crippen LogP contribution in [0.1, 0.15) is 29.2 Å². The molecule has 0 bridgehead atoms. The molecular weight excluding hydrogens is 279 g/mol. The van der Waals surface area contributed by atoms with E-state index in [1.54, 1.807) is 6.07 Å². The van der Waals surface area contributed by atoms with Gasteiger partial charge in [0, 0.05) is 0 Å². The lowest BCUT2D eigenvalue weighted by Gasteiger charge is -2.21.